The number of ether oxygens (including phenoxy) is 3. The molecule has 0 aliphatic carbocycles. The molecule has 7 nitrogen and oxygen atoms in total. The van der Waals surface area contributed by atoms with E-state index in [0.29, 0.717) is 12.5 Å². The zero-order chi connectivity index (χ0) is 19.2. The molecule has 0 unspecified atom stereocenters. The van der Waals surface area contributed by atoms with E-state index in [4.69, 9.17) is 14.2 Å². The predicted molar refractivity (Wildman–Crippen MR) is 107 cm³/mol. The van der Waals surface area contributed by atoms with Crippen LogP contribution in [0, 0.1) is 0 Å². The number of rotatable bonds is 8. The molecule has 2 N–H and O–H groups in total. The van der Waals surface area contributed by atoms with Gasteiger partial charge in [-0.25, -0.2) is 4.98 Å². The molecule has 0 saturated heterocycles. The molecule has 1 aliphatic rings. The van der Waals surface area contributed by atoms with Gasteiger partial charge >= 0.3 is 0 Å². The summed E-state index contributed by atoms with van der Waals surface area (Å²) in [5, 5.41) is 6.58. The average molecular weight is 378 g/mol. The smallest absolute Gasteiger partial charge is 0.231 e. The molecule has 7 heteroatoms. The van der Waals surface area contributed by atoms with Crippen molar-refractivity contribution in [2.45, 2.75) is 13.0 Å². The van der Waals surface area contributed by atoms with Crippen molar-refractivity contribution in [1.29, 1.82) is 0 Å². The van der Waals surface area contributed by atoms with Crippen molar-refractivity contribution in [2.75, 3.05) is 31.1 Å². The van der Waals surface area contributed by atoms with Gasteiger partial charge in [-0.1, -0.05) is 18.2 Å². The maximum Gasteiger partial charge on any atom is 0.231 e. The first-order valence-corrected chi connectivity index (χ1v) is 9.12. The summed E-state index contributed by atoms with van der Waals surface area (Å²) in [7, 11) is 1.67. The molecule has 2 aromatic carbocycles. The summed E-state index contributed by atoms with van der Waals surface area (Å²) in [4.78, 5) is 8.79. The minimum absolute atomic E-state index is 0.277. The van der Waals surface area contributed by atoms with Crippen molar-refractivity contribution in [2.24, 2.45) is 0 Å². The number of nitrogens with one attached hydrogen (secondary N) is 2. The molecule has 144 valence electrons. The molecular weight excluding hydrogens is 356 g/mol. The fourth-order valence-electron chi connectivity index (χ4n) is 2.90. The van der Waals surface area contributed by atoms with Gasteiger partial charge in [-0.3, -0.25) is 0 Å². The van der Waals surface area contributed by atoms with Crippen LogP contribution in [-0.4, -0.2) is 30.4 Å². The molecule has 0 amide bonds. The number of aromatic nitrogens is 2. The Hall–Kier alpha value is -3.48. The Morgan fingerprint density at radius 3 is 2.64 bits per heavy atom. The Labute approximate surface area is 163 Å². The van der Waals surface area contributed by atoms with E-state index in [2.05, 4.69) is 32.7 Å². The Morgan fingerprint density at radius 2 is 1.79 bits per heavy atom. The van der Waals surface area contributed by atoms with E-state index in [-0.39, 0.29) is 6.79 Å². The molecule has 28 heavy (non-hydrogen) atoms. The molecular formula is C21H22N4O3. The second-order valence-electron chi connectivity index (χ2n) is 6.33. The van der Waals surface area contributed by atoms with E-state index in [9.17, 15) is 0 Å². The predicted octanol–water partition coefficient (Wildman–Crippen LogP) is 3.48. The van der Waals surface area contributed by atoms with Crippen LogP contribution in [0.1, 0.15) is 11.1 Å². The third kappa shape index (κ3) is 4.43. The molecule has 2 heterocycles. The Morgan fingerprint density at radius 1 is 0.964 bits per heavy atom. The lowest BCUT2D eigenvalue weighted by atomic mass is 10.1. The number of nitrogens with zero attached hydrogens (tertiary/aromatic N) is 2. The molecule has 1 aliphatic heterocycles. The third-order valence-corrected chi connectivity index (χ3v) is 4.42. The molecule has 0 radical (unpaired) electrons. The van der Waals surface area contributed by atoms with Crippen LogP contribution in [0.5, 0.6) is 17.2 Å². The number of benzene rings is 2. The average Bonchev–Trinajstić information content (AvgIpc) is 3.21. The van der Waals surface area contributed by atoms with Crippen molar-refractivity contribution in [1.82, 2.24) is 9.97 Å². The van der Waals surface area contributed by atoms with Crippen molar-refractivity contribution in [3.8, 4) is 17.2 Å². The maximum absolute atomic E-state index is 5.41. The molecule has 1 aromatic heterocycles. The van der Waals surface area contributed by atoms with Crippen molar-refractivity contribution in [3.05, 3.63) is 65.9 Å². The summed E-state index contributed by atoms with van der Waals surface area (Å²) >= 11 is 0. The highest BCUT2D eigenvalue weighted by Crippen LogP contribution is 2.32. The molecule has 4 rings (SSSR count). The zero-order valence-electron chi connectivity index (χ0n) is 15.6. The number of hydrogen-bond acceptors (Lipinski definition) is 7. The van der Waals surface area contributed by atoms with E-state index in [0.717, 1.165) is 41.6 Å². The number of fused-ring (bicyclic) bond motifs is 1. The topological polar surface area (TPSA) is 77.5 Å². The summed E-state index contributed by atoms with van der Waals surface area (Å²) in [6.45, 7) is 1.66. The Kier molecular flexibility index (Phi) is 5.42. The van der Waals surface area contributed by atoms with Gasteiger partial charge in [0, 0.05) is 19.3 Å². The second kappa shape index (κ2) is 8.47. The summed E-state index contributed by atoms with van der Waals surface area (Å²) in [5.74, 6) is 3.78. The van der Waals surface area contributed by atoms with Crippen molar-refractivity contribution in [3.63, 3.8) is 0 Å². The molecule has 0 atom stereocenters. The van der Waals surface area contributed by atoms with Gasteiger partial charge in [-0.05, 0) is 47.9 Å². The van der Waals surface area contributed by atoms with Gasteiger partial charge in [0.1, 0.15) is 11.6 Å². The van der Waals surface area contributed by atoms with Crippen LogP contribution in [0.15, 0.2) is 54.7 Å². The maximum atomic E-state index is 5.41. The standard InChI is InChI=1S/C21H22N4O3/c1-26-17-5-2-15(3-6-17)8-10-22-20-9-11-23-21(25-20)24-13-16-4-7-18-19(12-16)28-14-27-18/h2-7,9,11-12H,8,10,13-14H2,1H3,(H2,22,23,24,25). The molecule has 3 aromatic rings. The lowest BCUT2D eigenvalue weighted by molar-refractivity contribution is 0.174. The highest BCUT2D eigenvalue weighted by Gasteiger charge is 2.13. The van der Waals surface area contributed by atoms with Crippen LogP contribution in [0.4, 0.5) is 11.8 Å². The summed E-state index contributed by atoms with van der Waals surface area (Å²) < 4.78 is 15.9. The van der Waals surface area contributed by atoms with Gasteiger partial charge in [0.25, 0.3) is 0 Å². The summed E-state index contributed by atoms with van der Waals surface area (Å²) in [6.07, 6.45) is 2.64. The van der Waals surface area contributed by atoms with Crippen LogP contribution >= 0.6 is 0 Å². The minimum atomic E-state index is 0.277. The molecule has 0 bridgehead atoms. The van der Waals surface area contributed by atoms with Gasteiger partial charge in [0.2, 0.25) is 12.7 Å². The highest BCUT2D eigenvalue weighted by molar-refractivity contribution is 5.46. The lowest BCUT2D eigenvalue weighted by Gasteiger charge is -2.09. The number of hydrogen-bond donors (Lipinski definition) is 2. The van der Waals surface area contributed by atoms with E-state index < -0.39 is 0 Å². The highest BCUT2D eigenvalue weighted by atomic mass is 16.7. The van der Waals surface area contributed by atoms with Gasteiger partial charge in [0.05, 0.1) is 7.11 Å². The number of methoxy groups -OCH3 is 1. The Bertz CT molecular complexity index is 931. The van der Waals surface area contributed by atoms with Gasteiger partial charge in [-0.15, -0.1) is 0 Å². The molecule has 0 spiro atoms. The Balaban J connectivity index is 1.28. The third-order valence-electron chi connectivity index (χ3n) is 4.42. The van der Waals surface area contributed by atoms with Gasteiger partial charge in [0.15, 0.2) is 11.5 Å². The normalized spacial score (nSPS) is 11.9. The van der Waals surface area contributed by atoms with E-state index in [1.807, 2.05) is 36.4 Å². The zero-order valence-corrected chi connectivity index (χ0v) is 15.6. The van der Waals surface area contributed by atoms with Crippen LogP contribution in [0.3, 0.4) is 0 Å². The molecule has 0 fully saturated rings. The lowest BCUT2D eigenvalue weighted by Crippen LogP contribution is -2.09. The van der Waals surface area contributed by atoms with Crippen LogP contribution in [-0.2, 0) is 13.0 Å². The molecule has 0 saturated carbocycles. The van der Waals surface area contributed by atoms with E-state index in [1.165, 1.54) is 5.56 Å². The van der Waals surface area contributed by atoms with Crippen LogP contribution < -0.4 is 24.8 Å². The fraction of sp³-hybridized carbons (Fsp3) is 0.238. The quantitative estimate of drug-likeness (QED) is 0.621. The monoisotopic (exact) mass is 378 g/mol. The first kappa shape index (κ1) is 17.9. The SMILES string of the molecule is COc1ccc(CCNc2ccnc(NCc3ccc4c(c3)OCO4)n2)cc1. The van der Waals surface area contributed by atoms with Crippen LogP contribution in [0.2, 0.25) is 0 Å². The first-order chi connectivity index (χ1) is 13.8. The van der Waals surface area contributed by atoms with Crippen molar-refractivity contribution >= 4 is 11.8 Å². The van der Waals surface area contributed by atoms with E-state index >= 15 is 0 Å². The van der Waals surface area contributed by atoms with E-state index in [1.54, 1.807) is 13.3 Å². The summed E-state index contributed by atoms with van der Waals surface area (Å²) in [5.41, 5.74) is 2.31. The van der Waals surface area contributed by atoms with Gasteiger partial charge in [-0.2, -0.15) is 4.98 Å². The van der Waals surface area contributed by atoms with Gasteiger partial charge < -0.3 is 24.8 Å². The van der Waals surface area contributed by atoms with Crippen molar-refractivity contribution < 1.29 is 14.2 Å². The fourth-order valence-corrected chi connectivity index (χ4v) is 2.90. The largest absolute Gasteiger partial charge is 0.497 e. The van der Waals surface area contributed by atoms with Crippen LogP contribution in [0.25, 0.3) is 0 Å². The second-order valence-corrected chi connectivity index (χ2v) is 6.33. The summed E-state index contributed by atoms with van der Waals surface area (Å²) in [6, 6.07) is 15.8. The minimum Gasteiger partial charge on any atom is -0.497 e. The number of anilines is 2. The first-order valence-electron chi connectivity index (χ1n) is 9.12.